The molecule has 71 heavy (non-hydrogen) atoms. The third-order valence-electron chi connectivity index (χ3n) is 14.6. The van der Waals surface area contributed by atoms with Crippen molar-refractivity contribution in [1.82, 2.24) is 0 Å². The first kappa shape index (κ1) is 56.0. The van der Waals surface area contributed by atoms with Gasteiger partial charge < -0.3 is 9.79 Å². The minimum Gasteiger partial charge on any atom is -0.347 e. The lowest BCUT2D eigenvalue weighted by Gasteiger charge is -2.35. The van der Waals surface area contributed by atoms with E-state index >= 15 is 0 Å². The van der Waals surface area contributed by atoms with E-state index in [9.17, 15) is 9.79 Å². The van der Waals surface area contributed by atoms with Crippen molar-refractivity contribution in [2.45, 2.75) is 209 Å². The Labute approximate surface area is 434 Å². The Balaban J connectivity index is 2.12. The van der Waals surface area contributed by atoms with E-state index in [4.69, 9.17) is 0 Å². The summed E-state index contributed by atoms with van der Waals surface area (Å²) in [6.07, 6.45) is 0. The molecule has 0 heterocycles. The van der Waals surface area contributed by atoms with Gasteiger partial charge in [0.15, 0.2) is 8.38 Å². The molecule has 0 aliphatic heterocycles. The molecule has 2 nitrogen and oxygen atoms in total. The minimum absolute atomic E-state index is 0.0494. The fraction of sp³-hybridized carbons (Fsp3) is 0.471. The molecule has 0 atom stereocenters. The first-order valence-electron chi connectivity index (χ1n) is 26.2. The first-order valence-corrected chi connectivity index (χ1v) is 27.5. The van der Waals surface area contributed by atoms with Gasteiger partial charge in [0.2, 0.25) is 0 Å². The third kappa shape index (κ3) is 11.9. The number of benzene rings is 6. The standard InChI is InChI=1S/C68H91O2P/c1-61(2,3)43-27-33-48(54(37-43)65(13,14)15)52-41-53(49-34-28-44(62(4,5)6)38-55(49)66(16,17)18)59(50-35-29-45(63(7,8)9)39-56(50)67(19,20)21)60(58(52)42-25-31-47(32-26-42)71(69)70)51-36-30-46(64(10,11)12)40-57(51)68(22,23)24/h25-41,69-70H,1-24H3. The smallest absolute Gasteiger partial charge is 0.199 e. The maximum atomic E-state index is 10.6. The molecule has 6 rings (SSSR count). The van der Waals surface area contributed by atoms with Gasteiger partial charge in [-0.25, -0.2) is 0 Å². The molecule has 380 valence electrons. The Morgan fingerprint density at radius 2 is 0.521 bits per heavy atom. The normalized spacial score (nSPS) is 13.6. The lowest BCUT2D eigenvalue weighted by molar-refractivity contribution is 0.497. The summed E-state index contributed by atoms with van der Waals surface area (Å²) < 4.78 is 0. The zero-order chi connectivity index (χ0) is 53.6. The van der Waals surface area contributed by atoms with E-state index in [-0.39, 0.29) is 43.3 Å². The van der Waals surface area contributed by atoms with Crippen LogP contribution in [0, 0.1) is 0 Å². The van der Waals surface area contributed by atoms with Gasteiger partial charge in [-0.15, -0.1) is 0 Å². The van der Waals surface area contributed by atoms with Gasteiger partial charge in [-0.1, -0.05) is 251 Å². The van der Waals surface area contributed by atoms with Crippen LogP contribution in [0.15, 0.2) is 103 Å². The maximum Gasteiger partial charge on any atom is 0.199 e. The van der Waals surface area contributed by atoms with Crippen LogP contribution in [-0.4, -0.2) is 9.79 Å². The molecule has 6 aromatic carbocycles. The second-order valence-corrected chi connectivity index (χ2v) is 30.1. The second kappa shape index (κ2) is 18.9. The first-order chi connectivity index (χ1) is 32.1. The molecule has 3 heteroatoms. The van der Waals surface area contributed by atoms with Crippen molar-refractivity contribution in [3.63, 3.8) is 0 Å². The molecule has 0 aliphatic carbocycles. The lowest BCUT2D eigenvalue weighted by Crippen LogP contribution is -2.20. The zero-order valence-corrected chi connectivity index (χ0v) is 49.6. The topological polar surface area (TPSA) is 40.5 Å². The van der Waals surface area contributed by atoms with Crippen molar-refractivity contribution in [1.29, 1.82) is 0 Å². The van der Waals surface area contributed by atoms with Crippen LogP contribution in [0.2, 0.25) is 0 Å². The highest BCUT2D eigenvalue weighted by atomic mass is 31.2. The second-order valence-electron chi connectivity index (χ2n) is 29.0. The summed E-state index contributed by atoms with van der Waals surface area (Å²) in [5.74, 6) is 0. The highest BCUT2D eigenvalue weighted by Crippen LogP contribution is 2.56. The van der Waals surface area contributed by atoms with Gasteiger partial charge in [-0.3, -0.25) is 0 Å². The van der Waals surface area contributed by atoms with Gasteiger partial charge in [0.05, 0.1) is 0 Å². The third-order valence-corrected chi connectivity index (χ3v) is 15.4. The summed E-state index contributed by atoms with van der Waals surface area (Å²) in [7, 11) is -2.29. The van der Waals surface area contributed by atoms with Crippen molar-refractivity contribution in [2.24, 2.45) is 0 Å². The van der Waals surface area contributed by atoms with Crippen LogP contribution < -0.4 is 5.30 Å². The molecule has 0 fully saturated rings. The average Bonchev–Trinajstić information content (AvgIpc) is 3.22. The van der Waals surface area contributed by atoms with Crippen molar-refractivity contribution in [3.05, 3.63) is 148 Å². The van der Waals surface area contributed by atoms with Crippen molar-refractivity contribution >= 4 is 13.7 Å². The van der Waals surface area contributed by atoms with Gasteiger partial charge in [0, 0.05) is 5.30 Å². The Morgan fingerprint density at radius 3 is 0.803 bits per heavy atom. The van der Waals surface area contributed by atoms with E-state index in [1.54, 1.807) is 0 Å². The molecule has 0 saturated carbocycles. The van der Waals surface area contributed by atoms with Crippen LogP contribution in [0.1, 0.15) is 211 Å². The highest BCUT2D eigenvalue weighted by Gasteiger charge is 2.35. The maximum absolute atomic E-state index is 10.6. The quantitative estimate of drug-likeness (QED) is 0.163. The van der Waals surface area contributed by atoms with Crippen LogP contribution in [0.3, 0.4) is 0 Å². The lowest BCUT2D eigenvalue weighted by atomic mass is 9.69. The van der Waals surface area contributed by atoms with Gasteiger partial charge in [0.25, 0.3) is 0 Å². The zero-order valence-electron chi connectivity index (χ0n) is 48.7. The summed E-state index contributed by atoms with van der Waals surface area (Å²) in [5.41, 5.74) is 21.2. The van der Waals surface area contributed by atoms with E-state index in [1.165, 1.54) is 83.5 Å². The summed E-state index contributed by atoms with van der Waals surface area (Å²) in [6.45, 7) is 56.2. The predicted octanol–water partition coefficient (Wildman–Crippen LogP) is 19.3. The molecule has 0 unspecified atom stereocenters. The van der Waals surface area contributed by atoms with Gasteiger partial charge in [-0.2, -0.15) is 0 Å². The number of hydrogen-bond donors (Lipinski definition) is 2. The van der Waals surface area contributed by atoms with Crippen molar-refractivity contribution < 1.29 is 9.79 Å². The Hall–Kier alpha value is -4.33. The largest absolute Gasteiger partial charge is 0.347 e. The van der Waals surface area contributed by atoms with E-state index in [0.717, 1.165) is 16.7 Å². The van der Waals surface area contributed by atoms with Crippen LogP contribution in [0.25, 0.3) is 55.6 Å². The molecular weight excluding hydrogens is 880 g/mol. The molecule has 0 radical (unpaired) electrons. The van der Waals surface area contributed by atoms with Crippen LogP contribution in [0.4, 0.5) is 0 Å². The summed E-state index contributed by atoms with van der Waals surface area (Å²) in [4.78, 5) is 21.2. The van der Waals surface area contributed by atoms with Gasteiger partial charge >= 0.3 is 0 Å². The molecule has 0 aliphatic rings. The fourth-order valence-corrected chi connectivity index (χ4v) is 10.6. The number of hydrogen-bond acceptors (Lipinski definition) is 2. The predicted molar refractivity (Wildman–Crippen MR) is 314 cm³/mol. The molecule has 2 N–H and O–H groups in total. The van der Waals surface area contributed by atoms with Crippen LogP contribution in [-0.2, 0) is 43.3 Å². The Kier molecular flexibility index (Phi) is 14.9. The van der Waals surface area contributed by atoms with Gasteiger partial charge in [-0.05, 0) is 162 Å². The molecule has 0 bridgehead atoms. The summed E-state index contributed by atoms with van der Waals surface area (Å²) >= 11 is 0. The molecular formula is C68H91O2P. The summed E-state index contributed by atoms with van der Waals surface area (Å²) in [6, 6.07) is 39.9. The fourth-order valence-electron chi connectivity index (χ4n) is 10.1. The van der Waals surface area contributed by atoms with Crippen LogP contribution >= 0.6 is 8.38 Å². The molecule has 0 amide bonds. The minimum atomic E-state index is -2.29. The van der Waals surface area contributed by atoms with Crippen molar-refractivity contribution in [3.8, 4) is 55.6 Å². The SMILES string of the molecule is CC(C)(C)c1ccc(-c2cc(-c3ccc(C(C)(C)C)cc3C(C)(C)C)c(-c3ccc(C(C)(C)C)cc3C(C)(C)C)c(-c3ccc(C(C)(C)C)cc3C(C)(C)C)c2-c2ccc(P(O)O)cc2)c(C(C)(C)C)c1. The van der Waals surface area contributed by atoms with E-state index in [1.807, 2.05) is 12.1 Å². The Bertz CT molecular complexity index is 2920. The molecule has 0 saturated heterocycles. The average molecular weight is 971 g/mol. The van der Waals surface area contributed by atoms with Crippen molar-refractivity contribution in [2.75, 3.05) is 0 Å². The van der Waals surface area contributed by atoms with E-state index < -0.39 is 8.38 Å². The molecule has 0 spiro atoms. The Morgan fingerprint density at radius 1 is 0.254 bits per heavy atom. The highest BCUT2D eigenvalue weighted by molar-refractivity contribution is 7.54. The van der Waals surface area contributed by atoms with Gasteiger partial charge in [0.1, 0.15) is 0 Å². The van der Waals surface area contributed by atoms with E-state index in [2.05, 4.69) is 257 Å². The monoisotopic (exact) mass is 971 g/mol. The molecule has 0 aromatic heterocycles. The molecule has 6 aromatic rings. The number of rotatable bonds is 6. The summed E-state index contributed by atoms with van der Waals surface area (Å²) in [5, 5.41) is 0.528. The van der Waals surface area contributed by atoms with E-state index in [0.29, 0.717) is 5.30 Å². The van der Waals surface area contributed by atoms with Crippen LogP contribution in [0.5, 0.6) is 0 Å².